The van der Waals surface area contributed by atoms with Gasteiger partial charge in [0.1, 0.15) is 11.5 Å². The minimum Gasteiger partial charge on any atom is -0.495 e. The van der Waals surface area contributed by atoms with Crippen LogP contribution in [0.5, 0.6) is 11.5 Å². The summed E-state index contributed by atoms with van der Waals surface area (Å²) in [7, 11) is 2.24. The number of carbonyl (C=O) groups is 1. The van der Waals surface area contributed by atoms with E-state index in [0.717, 1.165) is 4.31 Å². The molecule has 140 valence electrons. The van der Waals surface area contributed by atoms with Gasteiger partial charge in [-0.3, -0.25) is 4.79 Å². The van der Waals surface area contributed by atoms with Gasteiger partial charge < -0.3 is 14.8 Å². The van der Waals surface area contributed by atoms with E-state index in [-0.39, 0.29) is 4.90 Å². The molecule has 0 heterocycles. The van der Waals surface area contributed by atoms with Crippen molar-refractivity contribution in [3.63, 3.8) is 0 Å². The highest BCUT2D eigenvalue weighted by Gasteiger charge is 2.18. The van der Waals surface area contributed by atoms with Gasteiger partial charge in [0.05, 0.1) is 29.8 Å². The Kier molecular flexibility index (Phi) is 6.12. The summed E-state index contributed by atoms with van der Waals surface area (Å²) < 4.78 is 35.6. The Labute approximate surface area is 157 Å². The molecule has 0 saturated carbocycles. The lowest BCUT2D eigenvalue weighted by Gasteiger charge is -2.14. The van der Waals surface area contributed by atoms with Gasteiger partial charge in [-0.25, -0.2) is 12.7 Å². The third kappa shape index (κ3) is 4.09. The molecule has 2 aromatic carbocycles. The van der Waals surface area contributed by atoms with Crippen LogP contribution in [0.4, 0.5) is 5.69 Å². The van der Waals surface area contributed by atoms with Crippen molar-refractivity contribution in [3.8, 4) is 11.5 Å². The lowest BCUT2D eigenvalue weighted by atomic mass is 10.2. The molecule has 0 radical (unpaired) electrons. The van der Waals surface area contributed by atoms with Crippen molar-refractivity contribution in [2.24, 2.45) is 0 Å². The highest BCUT2D eigenvalue weighted by Crippen LogP contribution is 2.36. The van der Waals surface area contributed by atoms with Crippen LogP contribution in [-0.2, 0) is 10.0 Å². The molecule has 1 N–H and O–H groups in total. The lowest BCUT2D eigenvalue weighted by Crippen LogP contribution is -2.22. The third-order valence-corrected chi connectivity index (χ3v) is 5.74. The van der Waals surface area contributed by atoms with Crippen LogP contribution in [0, 0.1) is 0 Å². The summed E-state index contributed by atoms with van der Waals surface area (Å²) in [6.45, 7) is 0. The number of nitrogens with zero attached hydrogens (tertiary/aromatic N) is 1. The smallest absolute Gasteiger partial charge is 0.255 e. The highest BCUT2D eigenvalue weighted by atomic mass is 35.5. The molecule has 0 bridgehead atoms. The zero-order chi connectivity index (χ0) is 19.5. The molecule has 2 aromatic rings. The highest BCUT2D eigenvalue weighted by molar-refractivity contribution is 7.89. The normalized spacial score (nSPS) is 11.3. The van der Waals surface area contributed by atoms with Crippen LogP contribution in [0.15, 0.2) is 41.3 Å². The topological polar surface area (TPSA) is 84.9 Å². The molecule has 0 fully saturated rings. The second-order valence-electron chi connectivity index (χ2n) is 5.45. The monoisotopic (exact) mass is 398 g/mol. The molecule has 26 heavy (non-hydrogen) atoms. The second kappa shape index (κ2) is 7.94. The molecule has 0 aliphatic rings. The maximum absolute atomic E-state index is 12.5. The molecule has 7 nitrogen and oxygen atoms in total. The first kappa shape index (κ1) is 20.0. The fourth-order valence-corrected chi connectivity index (χ4v) is 3.27. The Bertz CT molecular complexity index is 911. The van der Waals surface area contributed by atoms with Gasteiger partial charge >= 0.3 is 0 Å². The van der Waals surface area contributed by atoms with Gasteiger partial charge in [0, 0.05) is 31.8 Å². The minimum atomic E-state index is -3.55. The predicted molar refractivity (Wildman–Crippen MR) is 99.8 cm³/mol. The van der Waals surface area contributed by atoms with E-state index >= 15 is 0 Å². The molecule has 1 amide bonds. The van der Waals surface area contributed by atoms with Gasteiger partial charge in [0.25, 0.3) is 5.91 Å². The molecular weight excluding hydrogens is 380 g/mol. The van der Waals surface area contributed by atoms with Crippen LogP contribution in [0.1, 0.15) is 10.4 Å². The van der Waals surface area contributed by atoms with Crippen LogP contribution in [0.25, 0.3) is 0 Å². The Morgan fingerprint density at radius 1 is 1.04 bits per heavy atom. The van der Waals surface area contributed by atoms with Crippen molar-refractivity contribution < 1.29 is 22.7 Å². The van der Waals surface area contributed by atoms with E-state index in [2.05, 4.69) is 5.32 Å². The van der Waals surface area contributed by atoms with Crippen LogP contribution in [0.2, 0.25) is 5.02 Å². The summed E-state index contributed by atoms with van der Waals surface area (Å²) in [5.74, 6) is 0.327. The minimum absolute atomic E-state index is 0.102. The zero-order valence-corrected chi connectivity index (χ0v) is 16.3. The lowest BCUT2D eigenvalue weighted by molar-refractivity contribution is 0.102. The predicted octanol–water partition coefficient (Wildman–Crippen LogP) is 2.86. The van der Waals surface area contributed by atoms with Crippen LogP contribution in [0.3, 0.4) is 0 Å². The SMILES string of the molecule is COc1cc(NC(=O)c2ccc(S(=O)(=O)N(C)C)cc2)c(OC)cc1Cl. The maximum Gasteiger partial charge on any atom is 0.255 e. The largest absolute Gasteiger partial charge is 0.495 e. The van der Waals surface area contributed by atoms with Crippen molar-refractivity contribution in [1.82, 2.24) is 4.31 Å². The number of hydrogen-bond acceptors (Lipinski definition) is 5. The second-order valence-corrected chi connectivity index (χ2v) is 8.01. The van der Waals surface area contributed by atoms with E-state index in [0.29, 0.717) is 27.8 Å². The first-order valence-corrected chi connectivity index (χ1v) is 9.28. The van der Waals surface area contributed by atoms with E-state index in [4.69, 9.17) is 21.1 Å². The average molecular weight is 399 g/mol. The van der Waals surface area contributed by atoms with E-state index in [1.165, 1.54) is 58.6 Å². The summed E-state index contributed by atoms with van der Waals surface area (Å²) >= 11 is 6.04. The first-order valence-electron chi connectivity index (χ1n) is 7.46. The summed E-state index contributed by atoms with van der Waals surface area (Å²) in [5.41, 5.74) is 0.669. The van der Waals surface area contributed by atoms with Gasteiger partial charge in [-0.1, -0.05) is 11.6 Å². The molecular formula is C17H19ClN2O5S. The van der Waals surface area contributed by atoms with Crippen LogP contribution in [-0.4, -0.2) is 46.9 Å². The van der Waals surface area contributed by atoms with Gasteiger partial charge in [-0.05, 0) is 24.3 Å². The van der Waals surface area contributed by atoms with Crippen LogP contribution < -0.4 is 14.8 Å². The Hall–Kier alpha value is -2.29. The van der Waals surface area contributed by atoms with Gasteiger partial charge in [0.2, 0.25) is 10.0 Å². The average Bonchev–Trinajstić information content (AvgIpc) is 2.62. The molecule has 0 aliphatic heterocycles. The number of nitrogens with one attached hydrogen (secondary N) is 1. The summed E-state index contributed by atoms with van der Waals surface area (Å²) in [4.78, 5) is 12.6. The van der Waals surface area contributed by atoms with E-state index in [9.17, 15) is 13.2 Å². The van der Waals surface area contributed by atoms with E-state index in [1.807, 2.05) is 0 Å². The summed E-state index contributed by atoms with van der Waals surface area (Å²) in [6, 6.07) is 8.71. The van der Waals surface area contributed by atoms with E-state index < -0.39 is 15.9 Å². The van der Waals surface area contributed by atoms with Crippen molar-refractivity contribution >= 4 is 33.2 Å². The van der Waals surface area contributed by atoms with Crippen LogP contribution >= 0.6 is 11.6 Å². The van der Waals surface area contributed by atoms with Crippen molar-refractivity contribution in [2.75, 3.05) is 33.6 Å². The fourth-order valence-electron chi connectivity index (χ4n) is 2.14. The quantitative estimate of drug-likeness (QED) is 0.808. The van der Waals surface area contributed by atoms with Gasteiger partial charge in [-0.2, -0.15) is 0 Å². The standard InChI is InChI=1S/C17H19ClN2O5S/c1-20(2)26(22,23)12-7-5-11(6-8-12)17(21)19-14-10-15(24-3)13(18)9-16(14)25-4/h5-10H,1-4H3,(H,19,21). The molecule has 0 aliphatic carbocycles. The Morgan fingerprint density at radius 2 is 1.62 bits per heavy atom. The number of amides is 1. The number of carbonyl (C=O) groups excluding carboxylic acids is 1. The number of sulfonamides is 1. The maximum atomic E-state index is 12.5. The molecule has 0 saturated heterocycles. The first-order chi connectivity index (χ1) is 12.2. The summed E-state index contributed by atoms with van der Waals surface area (Å²) in [6.07, 6.45) is 0. The number of ether oxygens (including phenoxy) is 2. The fraction of sp³-hybridized carbons (Fsp3) is 0.235. The van der Waals surface area contributed by atoms with Crippen molar-refractivity contribution in [2.45, 2.75) is 4.90 Å². The van der Waals surface area contributed by atoms with E-state index in [1.54, 1.807) is 6.07 Å². The Morgan fingerprint density at radius 3 is 2.12 bits per heavy atom. The number of halogens is 1. The van der Waals surface area contributed by atoms with Crippen molar-refractivity contribution in [3.05, 3.63) is 47.0 Å². The van der Waals surface area contributed by atoms with Gasteiger partial charge in [0.15, 0.2) is 0 Å². The molecule has 2 rings (SSSR count). The number of methoxy groups -OCH3 is 2. The van der Waals surface area contributed by atoms with Crippen molar-refractivity contribution in [1.29, 1.82) is 0 Å². The third-order valence-electron chi connectivity index (χ3n) is 3.62. The molecule has 9 heteroatoms. The Balaban J connectivity index is 2.28. The molecule has 0 aromatic heterocycles. The molecule has 0 atom stereocenters. The number of rotatable bonds is 6. The molecule has 0 unspecified atom stereocenters. The molecule has 0 spiro atoms. The summed E-state index contributed by atoms with van der Waals surface area (Å²) in [5, 5.41) is 3.05. The zero-order valence-electron chi connectivity index (χ0n) is 14.7. The number of anilines is 1. The number of benzene rings is 2. The number of hydrogen-bond donors (Lipinski definition) is 1. The van der Waals surface area contributed by atoms with Gasteiger partial charge in [-0.15, -0.1) is 0 Å².